The average molecular weight is 327 g/mol. The number of ether oxygens (including phenoxy) is 1. The number of urea groups is 1. The van der Waals surface area contributed by atoms with Crippen molar-refractivity contribution in [3.05, 3.63) is 54.2 Å². The quantitative estimate of drug-likeness (QED) is 0.643. The number of carbonyl (C=O) groups excluding carboxylic acids is 3. The number of carbonyl (C=O) groups is 3. The minimum atomic E-state index is -0.722. The highest BCUT2D eigenvalue weighted by Gasteiger charge is 2.15. The second kappa shape index (κ2) is 7.87. The highest BCUT2D eigenvalue weighted by Crippen LogP contribution is 2.18. The lowest BCUT2D eigenvalue weighted by atomic mass is 10.1. The molecule has 0 radical (unpaired) electrons. The van der Waals surface area contributed by atoms with Crippen molar-refractivity contribution in [3.8, 4) is 0 Å². The van der Waals surface area contributed by atoms with Crippen molar-refractivity contribution in [3.63, 3.8) is 0 Å². The molecular formula is C17H17N3O4. The Labute approximate surface area is 138 Å². The van der Waals surface area contributed by atoms with Gasteiger partial charge in [-0.05, 0) is 19.1 Å². The van der Waals surface area contributed by atoms with Gasteiger partial charge in [-0.25, -0.2) is 9.59 Å². The van der Waals surface area contributed by atoms with Crippen LogP contribution in [0.5, 0.6) is 0 Å². The van der Waals surface area contributed by atoms with Crippen molar-refractivity contribution < 1.29 is 19.1 Å². The van der Waals surface area contributed by atoms with Gasteiger partial charge in [0.2, 0.25) is 0 Å². The lowest BCUT2D eigenvalue weighted by Crippen LogP contribution is -2.41. The molecule has 2 rings (SSSR count). The molecule has 1 aromatic carbocycles. The maximum absolute atomic E-state index is 12.2. The average Bonchev–Trinajstić information content (AvgIpc) is 2.57. The Morgan fingerprint density at radius 3 is 2.79 bits per heavy atom. The largest absolute Gasteiger partial charge is 0.452 e. The van der Waals surface area contributed by atoms with E-state index in [1.54, 1.807) is 31.2 Å². The van der Waals surface area contributed by atoms with Gasteiger partial charge in [0, 0.05) is 17.6 Å². The van der Waals surface area contributed by atoms with Crippen molar-refractivity contribution in [1.29, 1.82) is 0 Å². The molecule has 0 saturated heterocycles. The van der Waals surface area contributed by atoms with Crippen LogP contribution in [-0.4, -0.2) is 36.0 Å². The summed E-state index contributed by atoms with van der Waals surface area (Å²) in [5.74, 6) is -1.38. The van der Waals surface area contributed by atoms with Crippen LogP contribution in [0.25, 0.3) is 10.9 Å². The first-order valence-corrected chi connectivity index (χ1v) is 7.23. The fourth-order valence-corrected chi connectivity index (χ4v) is 2.06. The molecule has 24 heavy (non-hydrogen) atoms. The van der Waals surface area contributed by atoms with E-state index in [-0.39, 0.29) is 6.54 Å². The third-order valence-corrected chi connectivity index (χ3v) is 3.06. The van der Waals surface area contributed by atoms with E-state index >= 15 is 0 Å². The summed E-state index contributed by atoms with van der Waals surface area (Å²) in [4.78, 5) is 39.5. The smallest absolute Gasteiger partial charge is 0.339 e. The Bertz CT molecular complexity index is 802. The number of nitrogens with zero attached hydrogens (tertiary/aromatic N) is 1. The third-order valence-electron chi connectivity index (χ3n) is 3.06. The van der Waals surface area contributed by atoms with E-state index in [0.29, 0.717) is 22.2 Å². The summed E-state index contributed by atoms with van der Waals surface area (Å²) < 4.78 is 4.98. The normalized spacial score (nSPS) is 10.0. The molecule has 0 atom stereocenters. The number of benzene rings is 1. The molecule has 0 unspecified atom stereocenters. The van der Waals surface area contributed by atoms with Gasteiger partial charge in [-0.15, -0.1) is 6.58 Å². The van der Waals surface area contributed by atoms with E-state index in [4.69, 9.17) is 4.74 Å². The van der Waals surface area contributed by atoms with Gasteiger partial charge in [-0.1, -0.05) is 24.3 Å². The van der Waals surface area contributed by atoms with Crippen molar-refractivity contribution in [2.75, 3.05) is 13.2 Å². The van der Waals surface area contributed by atoms with Crippen LogP contribution >= 0.6 is 0 Å². The van der Waals surface area contributed by atoms with Crippen LogP contribution in [0.3, 0.4) is 0 Å². The van der Waals surface area contributed by atoms with Gasteiger partial charge in [0.1, 0.15) is 0 Å². The lowest BCUT2D eigenvalue weighted by Gasteiger charge is -2.09. The Balaban J connectivity index is 2.02. The maximum Gasteiger partial charge on any atom is 0.339 e. The number of rotatable bonds is 5. The minimum absolute atomic E-state index is 0.223. The van der Waals surface area contributed by atoms with E-state index in [9.17, 15) is 14.4 Å². The molecular weight excluding hydrogens is 310 g/mol. The van der Waals surface area contributed by atoms with Gasteiger partial charge in [0.25, 0.3) is 5.91 Å². The number of para-hydroxylation sites is 1. The number of pyridine rings is 1. The molecule has 7 heteroatoms. The highest BCUT2D eigenvalue weighted by molar-refractivity contribution is 6.04. The van der Waals surface area contributed by atoms with E-state index in [1.807, 2.05) is 11.4 Å². The Morgan fingerprint density at radius 2 is 2.04 bits per heavy atom. The summed E-state index contributed by atoms with van der Waals surface area (Å²) in [6.07, 6.45) is 1.47. The molecule has 3 amide bonds. The van der Waals surface area contributed by atoms with Crippen molar-refractivity contribution >= 4 is 28.8 Å². The zero-order valence-corrected chi connectivity index (χ0v) is 13.2. The summed E-state index contributed by atoms with van der Waals surface area (Å²) in [5.41, 5.74) is 1.65. The molecule has 1 heterocycles. The number of hydrogen-bond acceptors (Lipinski definition) is 5. The van der Waals surface area contributed by atoms with E-state index in [2.05, 4.69) is 16.9 Å². The maximum atomic E-state index is 12.2. The zero-order valence-electron chi connectivity index (χ0n) is 13.2. The second-order valence-corrected chi connectivity index (χ2v) is 4.95. The molecule has 0 aliphatic rings. The molecule has 0 aliphatic heterocycles. The van der Waals surface area contributed by atoms with Gasteiger partial charge < -0.3 is 10.1 Å². The number of aryl methyl sites for hydroxylation is 1. The van der Waals surface area contributed by atoms with Crippen molar-refractivity contribution in [2.24, 2.45) is 0 Å². The zero-order chi connectivity index (χ0) is 17.5. The van der Waals surface area contributed by atoms with Crippen LogP contribution < -0.4 is 10.6 Å². The van der Waals surface area contributed by atoms with Crippen LogP contribution in [0.1, 0.15) is 16.1 Å². The standard InChI is InChI=1S/C17H17N3O4/c1-3-8-18-17(23)20-15(21)10-24-16(22)13-9-11(2)19-14-7-5-4-6-12(13)14/h3-7,9H,1,8,10H2,2H3,(H2,18,20,21,23). The van der Waals surface area contributed by atoms with Gasteiger partial charge in [-0.3, -0.25) is 15.1 Å². The summed E-state index contributed by atoms with van der Waals surface area (Å²) in [6.45, 7) is 4.86. The number of nitrogens with one attached hydrogen (secondary N) is 2. The molecule has 0 saturated carbocycles. The summed E-state index contributed by atoms with van der Waals surface area (Å²) in [7, 11) is 0. The van der Waals surface area contributed by atoms with Crippen LogP contribution in [0, 0.1) is 6.92 Å². The van der Waals surface area contributed by atoms with Crippen LogP contribution in [0.15, 0.2) is 43.0 Å². The fraction of sp³-hybridized carbons (Fsp3) is 0.176. The predicted molar refractivity (Wildman–Crippen MR) is 88.5 cm³/mol. The molecule has 0 bridgehead atoms. The monoisotopic (exact) mass is 327 g/mol. The second-order valence-electron chi connectivity index (χ2n) is 4.95. The third kappa shape index (κ3) is 4.39. The number of hydrogen-bond donors (Lipinski definition) is 2. The molecule has 124 valence electrons. The number of fused-ring (bicyclic) bond motifs is 1. The van der Waals surface area contributed by atoms with Crippen LogP contribution in [0.2, 0.25) is 0 Å². The molecule has 2 aromatic rings. The first kappa shape index (κ1) is 17.1. The molecule has 7 nitrogen and oxygen atoms in total. The SMILES string of the molecule is C=CCNC(=O)NC(=O)COC(=O)c1cc(C)nc2ccccc12. The predicted octanol–water partition coefficient (Wildman–Crippen LogP) is 1.71. The Morgan fingerprint density at radius 1 is 1.29 bits per heavy atom. The van der Waals surface area contributed by atoms with Crippen molar-refractivity contribution in [2.45, 2.75) is 6.92 Å². The molecule has 0 spiro atoms. The topological polar surface area (TPSA) is 97.4 Å². The van der Waals surface area contributed by atoms with E-state index < -0.39 is 24.5 Å². The van der Waals surface area contributed by atoms with E-state index in [1.165, 1.54) is 6.08 Å². The molecule has 2 N–H and O–H groups in total. The van der Waals surface area contributed by atoms with E-state index in [0.717, 1.165) is 0 Å². The van der Waals surface area contributed by atoms with Gasteiger partial charge in [0.15, 0.2) is 6.61 Å². The molecule has 0 aliphatic carbocycles. The summed E-state index contributed by atoms with van der Waals surface area (Å²) in [5, 5.41) is 5.06. The van der Waals surface area contributed by atoms with Gasteiger partial charge >= 0.3 is 12.0 Å². The van der Waals surface area contributed by atoms with Crippen LogP contribution in [0.4, 0.5) is 4.79 Å². The number of esters is 1. The number of amides is 3. The summed E-state index contributed by atoms with van der Waals surface area (Å²) in [6, 6.07) is 8.06. The molecule has 1 aromatic heterocycles. The highest BCUT2D eigenvalue weighted by atomic mass is 16.5. The van der Waals surface area contributed by atoms with Crippen molar-refractivity contribution in [1.82, 2.24) is 15.6 Å². The Kier molecular flexibility index (Phi) is 5.62. The lowest BCUT2D eigenvalue weighted by molar-refractivity contribution is -0.123. The minimum Gasteiger partial charge on any atom is -0.452 e. The van der Waals surface area contributed by atoms with Crippen LogP contribution in [-0.2, 0) is 9.53 Å². The van der Waals surface area contributed by atoms with Gasteiger partial charge in [-0.2, -0.15) is 0 Å². The number of aromatic nitrogens is 1. The number of imide groups is 1. The summed E-state index contributed by atoms with van der Waals surface area (Å²) >= 11 is 0. The first-order valence-electron chi connectivity index (χ1n) is 7.23. The first-order chi connectivity index (χ1) is 11.5. The van der Waals surface area contributed by atoms with Gasteiger partial charge in [0.05, 0.1) is 11.1 Å². The fourth-order valence-electron chi connectivity index (χ4n) is 2.06. The molecule has 0 fully saturated rings. The Hall–Kier alpha value is -3.22.